The number of carbonyl (C=O) groups is 2. The van der Waals surface area contributed by atoms with Gasteiger partial charge in [-0.2, -0.15) is 5.10 Å². The number of ether oxygens (including phenoxy) is 1. The molecule has 0 saturated carbocycles. The lowest BCUT2D eigenvalue weighted by Gasteiger charge is -2.11. The fraction of sp³-hybridized carbons (Fsp3) is 0.190. The van der Waals surface area contributed by atoms with E-state index in [1.165, 1.54) is 5.01 Å². The van der Waals surface area contributed by atoms with Gasteiger partial charge in [-0.3, -0.25) is 4.79 Å². The summed E-state index contributed by atoms with van der Waals surface area (Å²) in [5.41, 5.74) is 3.16. The van der Waals surface area contributed by atoms with Gasteiger partial charge in [0.25, 0.3) is 5.91 Å². The summed E-state index contributed by atoms with van der Waals surface area (Å²) in [6.45, 7) is 1.90. The molecule has 1 aromatic heterocycles. The molecule has 2 heterocycles. The Bertz CT molecular complexity index is 1040. The van der Waals surface area contributed by atoms with Crippen LogP contribution in [0, 0.1) is 6.92 Å². The van der Waals surface area contributed by atoms with Crippen LogP contribution in [0.2, 0.25) is 0 Å². The Labute approximate surface area is 156 Å². The monoisotopic (exact) mass is 362 g/mol. The van der Waals surface area contributed by atoms with E-state index in [-0.39, 0.29) is 18.3 Å². The summed E-state index contributed by atoms with van der Waals surface area (Å²) in [4.78, 5) is 24.6. The Kier molecular flexibility index (Phi) is 4.46. The SMILES string of the molecule is Cc1c(C(=O)OCC(=O)N2CCC(c3ccccc3)=N2)oc2ccccc12. The molecule has 6 nitrogen and oxygen atoms in total. The minimum atomic E-state index is -0.650. The van der Waals surface area contributed by atoms with Crippen molar-refractivity contribution in [3.05, 3.63) is 71.5 Å². The molecular weight excluding hydrogens is 344 g/mol. The maximum Gasteiger partial charge on any atom is 0.375 e. The molecule has 0 spiro atoms. The van der Waals surface area contributed by atoms with Crippen molar-refractivity contribution in [2.24, 2.45) is 5.10 Å². The van der Waals surface area contributed by atoms with Crippen molar-refractivity contribution in [1.29, 1.82) is 0 Å². The molecule has 0 fully saturated rings. The molecule has 0 bridgehead atoms. The topological polar surface area (TPSA) is 72.1 Å². The minimum absolute atomic E-state index is 0.124. The second-order valence-electron chi connectivity index (χ2n) is 6.31. The molecule has 1 aliphatic rings. The highest BCUT2D eigenvalue weighted by atomic mass is 16.5. The van der Waals surface area contributed by atoms with Crippen LogP contribution in [0.15, 0.2) is 64.1 Å². The van der Waals surface area contributed by atoms with E-state index in [4.69, 9.17) is 9.15 Å². The molecule has 1 aliphatic heterocycles. The predicted octanol–water partition coefficient (Wildman–Crippen LogP) is 3.53. The van der Waals surface area contributed by atoms with Crippen LogP contribution in [0.5, 0.6) is 0 Å². The van der Waals surface area contributed by atoms with Crippen molar-refractivity contribution < 1.29 is 18.7 Å². The quantitative estimate of drug-likeness (QED) is 0.666. The number of hydrogen-bond acceptors (Lipinski definition) is 5. The zero-order valence-electron chi connectivity index (χ0n) is 14.8. The van der Waals surface area contributed by atoms with Crippen molar-refractivity contribution in [3.8, 4) is 0 Å². The number of para-hydroxylation sites is 1. The Morgan fingerprint density at radius 3 is 2.63 bits per heavy atom. The fourth-order valence-electron chi connectivity index (χ4n) is 3.11. The van der Waals surface area contributed by atoms with Gasteiger partial charge in [0.15, 0.2) is 6.61 Å². The van der Waals surface area contributed by atoms with E-state index in [9.17, 15) is 9.59 Å². The van der Waals surface area contributed by atoms with Gasteiger partial charge >= 0.3 is 5.97 Å². The molecule has 136 valence electrons. The molecule has 6 heteroatoms. The summed E-state index contributed by atoms with van der Waals surface area (Å²) in [6, 6.07) is 17.1. The third kappa shape index (κ3) is 3.33. The second-order valence-corrected chi connectivity index (χ2v) is 6.31. The summed E-state index contributed by atoms with van der Waals surface area (Å²) >= 11 is 0. The van der Waals surface area contributed by atoms with Crippen molar-refractivity contribution >= 4 is 28.6 Å². The van der Waals surface area contributed by atoms with Crippen LogP contribution in [-0.4, -0.2) is 35.7 Å². The van der Waals surface area contributed by atoms with E-state index in [2.05, 4.69) is 5.10 Å². The number of benzene rings is 2. The highest BCUT2D eigenvalue weighted by Crippen LogP contribution is 2.25. The van der Waals surface area contributed by atoms with Crippen LogP contribution >= 0.6 is 0 Å². The molecule has 3 aromatic rings. The van der Waals surface area contributed by atoms with Gasteiger partial charge in [-0.25, -0.2) is 9.80 Å². The van der Waals surface area contributed by atoms with Crippen molar-refractivity contribution in [2.75, 3.05) is 13.2 Å². The molecule has 27 heavy (non-hydrogen) atoms. The molecule has 0 aliphatic carbocycles. The summed E-state index contributed by atoms with van der Waals surface area (Å²) in [5, 5.41) is 6.55. The molecule has 1 amide bonds. The Hall–Kier alpha value is -3.41. The Balaban J connectivity index is 1.41. The van der Waals surface area contributed by atoms with Gasteiger partial charge in [-0.05, 0) is 18.6 Å². The minimum Gasteiger partial charge on any atom is -0.450 e. The van der Waals surface area contributed by atoms with E-state index in [1.54, 1.807) is 13.0 Å². The van der Waals surface area contributed by atoms with Gasteiger partial charge in [0.05, 0.1) is 12.3 Å². The van der Waals surface area contributed by atoms with E-state index < -0.39 is 5.97 Å². The maximum absolute atomic E-state index is 12.3. The van der Waals surface area contributed by atoms with Gasteiger partial charge in [0.1, 0.15) is 5.58 Å². The van der Waals surface area contributed by atoms with Gasteiger partial charge in [-0.1, -0.05) is 48.5 Å². The third-order valence-electron chi connectivity index (χ3n) is 4.55. The summed E-state index contributed by atoms with van der Waals surface area (Å²) in [6.07, 6.45) is 0.673. The first-order chi connectivity index (χ1) is 13.1. The normalized spacial score (nSPS) is 13.7. The van der Waals surface area contributed by atoms with E-state index in [0.717, 1.165) is 16.7 Å². The van der Waals surface area contributed by atoms with Crippen molar-refractivity contribution in [3.63, 3.8) is 0 Å². The number of hydrazone groups is 1. The average molecular weight is 362 g/mol. The largest absolute Gasteiger partial charge is 0.450 e. The standard InChI is InChI=1S/C21H18N2O4/c1-14-16-9-5-6-10-18(16)27-20(14)21(25)26-13-19(24)23-12-11-17(22-23)15-7-3-2-4-8-15/h2-10H,11-13H2,1H3. The van der Waals surface area contributed by atoms with E-state index in [0.29, 0.717) is 24.1 Å². The van der Waals surface area contributed by atoms with Gasteiger partial charge in [0.2, 0.25) is 5.76 Å². The fourth-order valence-corrected chi connectivity index (χ4v) is 3.11. The van der Waals surface area contributed by atoms with Crippen molar-refractivity contribution in [2.45, 2.75) is 13.3 Å². The number of carbonyl (C=O) groups excluding carboxylic acids is 2. The molecule has 0 radical (unpaired) electrons. The number of rotatable bonds is 4. The highest BCUT2D eigenvalue weighted by Gasteiger charge is 2.24. The average Bonchev–Trinajstić information content (AvgIpc) is 3.32. The summed E-state index contributed by atoms with van der Waals surface area (Å²) < 4.78 is 10.7. The lowest BCUT2D eigenvalue weighted by molar-refractivity contribution is -0.134. The molecule has 0 unspecified atom stereocenters. The number of hydrogen-bond donors (Lipinski definition) is 0. The third-order valence-corrected chi connectivity index (χ3v) is 4.55. The number of nitrogens with zero attached hydrogens (tertiary/aromatic N) is 2. The first kappa shape index (κ1) is 17.0. The first-order valence-electron chi connectivity index (χ1n) is 8.72. The van der Waals surface area contributed by atoms with Gasteiger partial charge < -0.3 is 9.15 Å². The van der Waals surface area contributed by atoms with Crippen LogP contribution in [-0.2, 0) is 9.53 Å². The van der Waals surface area contributed by atoms with Crippen LogP contribution in [0.3, 0.4) is 0 Å². The molecule has 0 atom stereocenters. The van der Waals surface area contributed by atoms with E-state index in [1.807, 2.05) is 48.5 Å². The van der Waals surface area contributed by atoms with Crippen LogP contribution < -0.4 is 0 Å². The molecule has 0 saturated heterocycles. The smallest absolute Gasteiger partial charge is 0.375 e. The maximum atomic E-state index is 12.3. The Morgan fingerprint density at radius 1 is 1.11 bits per heavy atom. The summed E-state index contributed by atoms with van der Waals surface area (Å²) in [5.74, 6) is -0.884. The number of fused-ring (bicyclic) bond motifs is 1. The number of aryl methyl sites for hydroxylation is 1. The molecular formula is C21H18N2O4. The molecule has 4 rings (SSSR count). The number of esters is 1. The lowest BCUT2D eigenvalue weighted by Crippen LogP contribution is -2.28. The zero-order chi connectivity index (χ0) is 18.8. The van der Waals surface area contributed by atoms with Crippen molar-refractivity contribution in [1.82, 2.24) is 5.01 Å². The first-order valence-corrected chi connectivity index (χ1v) is 8.72. The lowest BCUT2D eigenvalue weighted by atomic mass is 10.1. The molecule has 0 N–H and O–H groups in total. The predicted molar refractivity (Wildman–Crippen MR) is 101 cm³/mol. The van der Waals surface area contributed by atoms with Gasteiger partial charge in [0, 0.05) is 17.4 Å². The zero-order valence-corrected chi connectivity index (χ0v) is 14.8. The van der Waals surface area contributed by atoms with Crippen LogP contribution in [0.25, 0.3) is 11.0 Å². The van der Waals surface area contributed by atoms with E-state index >= 15 is 0 Å². The highest BCUT2D eigenvalue weighted by molar-refractivity contribution is 6.03. The summed E-state index contributed by atoms with van der Waals surface area (Å²) in [7, 11) is 0. The second kappa shape index (κ2) is 7.07. The van der Waals surface area contributed by atoms with Crippen LogP contribution in [0.1, 0.15) is 28.1 Å². The molecule has 2 aromatic carbocycles. The van der Waals surface area contributed by atoms with Crippen LogP contribution in [0.4, 0.5) is 0 Å². The van der Waals surface area contributed by atoms with Gasteiger partial charge in [-0.15, -0.1) is 0 Å². The number of furan rings is 1. The number of amides is 1. The Morgan fingerprint density at radius 2 is 1.85 bits per heavy atom.